The summed E-state index contributed by atoms with van der Waals surface area (Å²) in [5, 5.41) is 12.4. The normalized spacial score (nSPS) is 18.7. The molecule has 1 aliphatic heterocycles. The number of fused-ring (bicyclic) bond motifs is 3. The number of rotatable bonds is 2. The van der Waals surface area contributed by atoms with Crippen molar-refractivity contribution in [2.24, 2.45) is 0 Å². The second kappa shape index (κ2) is 7.08. The Hall–Kier alpha value is -1.02. The molecule has 1 saturated heterocycles. The molecule has 4 nitrogen and oxygen atoms in total. The molecule has 0 aliphatic carbocycles. The maximum Gasteiger partial charge on any atom is 0.377 e. The van der Waals surface area contributed by atoms with Gasteiger partial charge < -0.3 is 14.8 Å². The van der Waals surface area contributed by atoms with Gasteiger partial charge in [0.15, 0.2) is 0 Å². The van der Waals surface area contributed by atoms with Crippen LogP contribution >= 0.6 is 29.4 Å². The van der Waals surface area contributed by atoms with Crippen LogP contribution in [-0.4, -0.2) is 33.4 Å². The summed E-state index contributed by atoms with van der Waals surface area (Å²) in [6.45, 7) is 2.76. The average Bonchev–Trinajstić information content (AvgIpc) is 2.98. The molecule has 2 N–H and O–H groups in total. The van der Waals surface area contributed by atoms with Crippen LogP contribution < -0.4 is 0 Å². The molecular weight excluding hydrogens is 385 g/mol. The number of halogens is 1. The lowest BCUT2D eigenvalue weighted by Gasteiger charge is -2.35. The third-order valence-corrected chi connectivity index (χ3v) is 5.28. The lowest BCUT2D eigenvalue weighted by molar-refractivity contribution is 0.220. The molecule has 2 heterocycles. The lowest BCUT2D eigenvalue weighted by Crippen LogP contribution is -2.43. The predicted octanol–water partition coefficient (Wildman–Crippen LogP) is 4.23. The van der Waals surface area contributed by atoms with Gasteiger partial charge in [-0.15, -0.1) is 0 Å². The van der Waals surface area contributed by atoms with Crippen LogP contribution in [0.25, 0.3) is 21.8 Å². The van der Waals surface area contributed by atoms with Crippen LogP contribution in [0.5, 0.6) is 0 Å². The van der Waals surface area contributed by atoms with Crippen molar-refractivity contribution in [2.75, 3.05) is 6.54 Å². The van der Waals surface area contributed by atoms with E-state index in [1.165, 1.54) is 11.8 Å². The molecule has 1 atom stereocenters. The fourth-order valence-electron chi connectivity index (χ4n) is 3.64. The van der Waals surface area contributed by atoms with Crippen LogP contribution in [-0.2, 0) is 0 Å². The zero-order valence-electron chi connectivity index (χ0n) is 13.6. The summed E-state index contributed by atoms with van der Waals surface area (Å²) in [6.07, 6.45) is 3.35. The van der Waals surface area contributed by atoms with E-state index in [2.05, 4.69) is 56.1 Å². The highest BCUT2D eigenvalue weighted by molar-refractivity contribution is 9.10. The molecule has 1 aromatic heterocycles. The molecule has 0 amide bonds. The van der Waals surface area contributed by atoms with E-state index in [0.717, 1.165) is 46.1 Å². The van der Waals surface area contributed by atoms with Crippen LogP contribution in [0, 0.1) is 0 Å². The van der Waals surface area contributed by atoms with Gasteiger partial charge in [-0.3, -0.25) is 0 Å². The molecular formula is C17H21BBrN3OS. The van der Waals surface area contributed by atoms with Crippen LogP contribution in [0.4, 0.5) is 0 Å². The first kappa shape index (κ1) is 17.8. The van der Waals surface area contributed by atoms with Crippen LogP contribution in [0.15, 0.2) is 34.8 Å². The highest BCUT2D eigenvalue weighted by Gasteiger charge is 2.31. The van der Waals surface area contributed by atoms with Gasteiger partial charge in [0.1, 0.15) is 5.82 Å². The smallest absolute Gasteiger partial charge is 0.377 e. The fourth-order valence-corrected chi connectivity index (χ4v) is 4.02. The molecule has 1 fully saturated rings. The molecule has 7 heteroatoms. The van der Waals surface area contributed by atoms with Gasteiger partial charge in [0.05, 0.1) is 17.1 Å². The zero-order valence-corrected chi connectivity index (χ0v) is 16.2. The quantitative estimate of drug-likeness (QED) is 0.627. The highest BCUT2D eigenvalue weighted by atomic mass is 79.9. The lowest BCUT2D eigenvalue weighted by atomic mass is 9.79. The molecule has 0 bridgehead atoms. The Morgan fingerprint density at radius 3 is 2.92 bits per heavy atom. The Kier molecular flexibility index (Phi) is 5.25. The highest BCUT2D eigenvalue weighted by Crippen LogP contribution is 2.33. The van der Waals surface area contributed by atoms with E-state index in [9.17, 15) is 5.02 Å². The number of aromatic amines is 1. The van der Waals surface area contributed by atoms with Crippen molar-refractivity contribution >= 4 is 58.3 Å². The van der Waals surface area contributed by atoms with E-state index in [4.69, 9.17) is 4.98 Å². The first-order valence-electron chi connectivity index (χ1n) is 8.15. The van der Waals surface area contributed by atoms with Crippen molar-refractivity contribution in [3.05, 3.63) is 40.6 Å². The first-order chi connectivity index (χ1) is 11.1. The Morgan fingerprint density at radius 2 is 2.12 bits per heavy atom. The van der Waals surface area contributed by atoms with E-state index in [0.29, 0.717) is 0 Å². The zero-order chi connectivity index (χ0) is 16.0. The molecule has 3 aromatic rings. The van der Waals surface area contributed by atoms with Crippen molar-refractivity contribution in [1.82, 2.24) is 14.8 Å². The van der Waals surface area contributed by atoms with Crippen molar-refractivity contribution < 1.29 is 5.02 Å². The monoisotopic (exact) mass is 405 g/mol. The molecule has 126 valence electrons. The Labute approximate surface area is 157 Å². The third kappa shape index (κ3) is 3.10. The number of nitrogens with one attached hydrogen (secondary N) is 1. The van der Waals surface area contributed by atoms with Gasteiger partial charge in [0.2, 0.25) is 0 Å². The number of H-pyrrole nitrogens is 1. The summed E-state index contributed by atoms with van der Waals surface area (Å²) in [6, 6.07) is 10.7. The van der Waals surface area contributed by atoms with Crippen LogP contribution in [0.2, 0.25) is 6.82 Å². The van der Waals surface area contributed by atoms with Crippen molar-refractivity contribution in [2.45, 2.75) is 32.1 Å². The molecule has 0 unspecified atom stereocenters. The molecule has 4 rings (SSSR count). The minimum atomic E-state index is -0.443. The minimum Gasteiger partial charge on any atom is -0.437 e. The molecule has 0 saturated carbocycles. The standard InChI is InChI=1S/C17H19BBrN3O.H2S/c1-18(23)22-9-3-2-4-15(22)17-20-14-8-5-11-10-12(19)6-7-13(11)16(14)21-17;/h5-8,10,15,23H,2-4,9H2,1H3,(H,20,21);1H2/t15-;/m0./s1. The molecule has 0 radical (unpaired) electrons. The molecule has 2 aromatic carbocycles. The molecule has 1 aliphatic rings. The maximum absolute atomic E-state index is 10.1. The predicted molar refractivity (Wildman–Crippen MR) is 109 cm³/mol. The average molecular weight is 406 g/mol. The van der Waals surface area contributed by atoms with E-state index in [1.807, 2.05) is 6.82 Å². The Bertz CT molecular complexity index is 870. The number of hydrogen-bond acceptors (Lipinski definition) is 3. The number of nitrogens with zero attached hydrogens (tertiary/aromatic N) is 2. The van der Waals surface area contributed by atoms with Gasteiger partial charge in [0, 0.05) is 9.86 Å². The van der Waals surface area contributed by atoms with Gasteiger partial charge in [-0.05, 0) is 49.8 Å². The van der Waals surface area contributed by atoms with Gasteiger partial charge in [-0.2, -0.15) is 13.5 Å². The van der Waals surface area contributed by atoms with E-state index in [-0.39, 0.29) is 19.5 Å². The first-order valence-corrected chi connectivity index (χ1v) is 8.94. The second-order valence-corrected chi connectivity index (χ2v) is 7.25. The summed E-state index contributed by atoms with van der Waals surface area (Å²) < 4.78 is 1.08. The summed E-state index contributed by atoms with van der Waals surface area (Å²) in [5.74, 6) is 0.969. The van der Waals surface area contributed by atoms with E-state index >= 15 is 0 Å². The Morgan fingerprint density at radius 1 is 1.29 bits per heavy atom. The number of benzene rings is 2. The summed E-state index contributed by atoms with van der Waals surface area (Å²) in [5.41, 5.74) is 2.08. The summed E-state index contributed by atoms with van der Waals surface area (Å²) >= 11 is 3.53. The van der Waals surface area contributed by atoms with Crippen molar-refractivity contribution in [3.63, 3.8) is 0 Å². The van der Waals surface area contributed by atoms with Crippen LogP contribution in [0.1, 0.15) is 31.1 Å². The summed E-state index contributed by atoms with van der Waals surface area (Å²) in [4.78, 5) is 10.5. The molecule has 0 spiro atoms. The number of piperidine rings is 1. The second-order valence-electron chi connectivity index (χ2n) is 6.33. The minimum absolute atomic E-state index is 0. The van der Waals surface area contributed by atoms with E-state index < -0.39 is 7.05 Å². The third-order valence-electron chi connectivity index (χ3n) is 4.79. The van der Waals surface area contributed by atoms with Crippen LogP contribution in [0.3, 0.4) is 0 Å². The van der Waals surface area contributed by atoms with Gasteiger partial charge >= 0.3 is 7.05 Å². The maximum atomic E-state index is 10.1. The Balaban J connectivity index is 0.00000169. The number of hydrogen-bond donors (Lipinski definition) is 2. The SMILES string of the molecule is CB(O)N1CCCC[C@H]1c1nc2c(ccc3cc(Br)ccc32)[nH]1.S. The molecule has 24 heavy (non-hydrogen) atoms. The van der Waals surface area contributed by atoms with Crippen molar-refractivity contribution in [3.8, 4) is 0 Å². The number of aromatic nitrogens is 2. The van der Waals surface area contributed by atoms with Gasteiger partial charge in [0.25, 0.3) is 0 Å². The van der Waals surface area contributed by atoms with Gasteiger partial charge in [-0.1, -0.05) is 34.5 Å². The van der Waals surface area contributed by atoms with E-state index in [1.54, 1.807) is 0 Å². The largest absolute Gasteiger partial charge is 0.437 e. The van der Waals surface area contributed by atoms with Gasteiger partial charge in [-0.25, -0.2) is 4.98 Å². The summed E-state index contributed by atoms with van der Waals surface area (Å²) in [7, 11) is -0.443. The number of imidazole rings is 1. The van der Waals surface area contributed by atoms with Crippen molar-refractivity contribution in [1.29, 1.82) is 0 Å². The topological polar surface area (TPSA) is 52.1 Å². The fraction of sp³-hybridized carbons (Fsp3) is 0.353.